The fraction of sp³-hybridized carbons (Fsp3) is 0.250. The van der Waals surface area contributed by atoms with Crippen LogP contribution < -0.4 is 15.4 Å². The quantitative estimate of drug-likeness (QED) is 0.788. The maximum atomic E-state index is 14.2. The van der Waals surface area contributed by atoms with Crippen LogP contribution >= 0.6 is 0 Å². The number of para-hydroxylation sites is 2. The second kappa shape index (κ2) is 8.14. The first-order valence-electron chi connectivity index (χ1n) is 9.94. The fourth-order valence-corrected chi connectivity index (χ4v) is 4.25. The lowest BCUT2D eigenvalue weighted by Gasteiger charge is -2.35. The van der Waals surface area contributed by atoms with Crippen molar-refractivity contribution in [1.82, 2.24) is 5.32 Å². The Morgan fingerprint density at radius 2 is 1.87 bits per heavy atom. The fourth-order valence-electron chi connectivity index (χ4n) is 4.25. The average Bonchev–Trinajstić information content (AvgIpc) is 2.74. The number of nitrogens with one attached hydrogen (secondary N) is 2. The molecule has 30 heavy (non-hydrogen) atoms. The maximum Gasteiger partial charge on any atom is 0.254 e. The number of amides is 1. The molecule has 6 heteroatoms. The van der Waals surface area contributed by atoms with E-state index in [1.54, 1.807) is 19.2 Å². The Morgan fingerprint density at radius 3 is 2.63 bits per heavy atom. The largest absolute Gasteiger partial charge is 0.496 e. The molecule has 0 radical (unpaired) electrons. The van der Waals surface area contributed by atoms with Crippen LogP contribution in [0.3, 0.4) is 0 Å². The topological polar surface area (TPSA) is 67.4 Å². The zero-order valence-corrected chi connectivity index (χ0v) is 16.9. The van der Waals surface area contributed by atoms with Gasteiger partial charge in [-0.2, -0.15) is 0 Å². The molecule has 1 aliphatic carbocycles. The number of hydrogen-bond donors (Lipinski definition) is 2. The molecule has 0 aromatic heterocycles. The molecular formula is C24H23FN2O3. The predicted octanol–water partition coefficient (Wildman–Crippen LogP) is 4.44. The van der Waals surface area contributed by atoms with Crippen LogP contribution in [0, 0.1) is 5.82 Å². The van der Waals surface area contributed by atoms with E-state index >= 15 is 0 Å². The van der Waals surface area contributed by atoms with Gasteiger partial charge in [0.2, 0.25) is 0 Å². The molecule has 2 aliphatic rings. The van der Waals surface area contributed by atoms with Crippen LogP contribution in [0.25, 0.3) is 0 Å². The van der Waals surface area contributed by atoms with Crippen molar-refractivity contribution in [1.29, 1.82) is 0 Å². The number of methoxy groups -OCH3 is 1. The van der Waals surface area contributed by atoms with Crippen molar-refractivity contribution in [3.8, 4) is 5.75 Å². The molecule has 1 aliphatic heterocycles. The molecule has 1 atom stereocenters. The van der Waals surface area contributed by atoms with E-state index in [0.717, 1.165) is 24.1 Å². The van der Waals surface area contributed by atoms with Crippen LogP contribution in [0.5, 0.6) is 5.75 Å². The van der Waals surface area contributed by atoms with Crippen molar-refractivity contribution in [2.24, 2.45) is 0 Å². The van der Waals surface area contributed by atoms with Gasteiger partial charge in [-0.3, -0.25) is 9.59 Å². The Labute approximate surface area is 174 Å². The van der Waals surface area contributed by atoms with Crippen LogP contribution in [0.15, 0.2) is 71.1 Å². The first-order chi connectivity index (χ1) is 14.5. The molecule has 5 nitrogen and oxygen atoms in total. The highest BCUT2D eigenvalue weighted by Gasteiger charge is 2.39. The SMILES string of the molecule is COc1ccccc1C1C(C(=O)Nc2ccccc2F)=C(C)NC2=C1C(=O)CCC2. The number of rotatable bonds is 4. The Morgan fingerprint density at radius 1 is 1.13 bits per heavy atom. The van der Waals surface area contributed by atoms with Crippen molar-refractivity contribution in [2.45, 2.75) is 32.1 Å². The number of allylic oxidation sites excluding steroid dienone is 3. The van der Waals surface area contributed by atoms with E-state index in [2.05, 4.69) is 10.6 Å². The number of anilines is 1. The summed E-state index contributed by atoms with van der Waals surface area (Å²) in [6.45, 7) is 1.81. The third-order valence-corrected chi connectivity index (χ3v) is 5.59. The molecule has 2 N–H and O–H groups in total. The number of carbonyl (C=O) groups excluding carboxylic acids is 2. The van der Waals surface area contributed by atoms with Gasteiger partial charge in [-0.1, -0.05) is 30.3 Å². The lowest BCUT2D eigenvalue weighted by molar-refractivity contribution is -0.116. The Kier molecular flexibility index (Phi) is 5.40. The Hall–Kier alpha value is -3.41. The van der Waals surface area contributed by atoms with Crippen molar-refractivity contribution in [3.63, 3.8) is 0 Å². The molecular weight excluding hydrogens is 383 g/mol. The van der Waals surface area contributed by atoms with Gasteiger partial charge in [0, 0.05) is 34.5 Å². The lowest BCUT2D eigenvalue weighted by Crippen LogP contribution is -2.35. The minimum Gasteiger partial charge on any atom is -0.496 e. The van der Waals surface area contributed by atoms with Crippen LogP contribution in [0.1, 0.15) is 37.7 Å². The Bertz CT molecular complexity index is 1090. The molecule has 4 rings (SSSR count). The summed E-state index contributed by atoms with van der Waals surface area (Å²) in [5.74, 6) is -0.944. The van der Waals surface area contributed by atoms with Gasteiger partial charge in [0.15, 0.2) is 5.78 Å². The summed E-state index contributed by atoms with van der Waals surface area (Å²) in [6.07, 6.45) is 1.95. The van der Waals surface area contributed by atoms with Gasteiger partial charge < -0.3 is 15.4 Å². The van der Waals surface area contributed by atoms with E-state index in [1.807, 2.05) is 31.2 Å². The zero-order chi connectivity index (χ0) is 21.3. The second-order valence-corrected chi connectivity index (χ2v) is 7.44. The molecule has 0 bridgehead atoms. The molecule has 2 aromatic carbocycles. The first-order valence-corrected chi connectivity index (χ1v) is 9.94. The summed E-state index contributed by atoms with van der Waals surface area (Å²) >= 11 is 0. The van der Waals surface area contributed by atoms with E-state index in [9.17, 15) is 14.0 Å². The molecule has 154 valence electrons. The summed E-state index contributed by atoms with van der Waals surface area (Å²) in [4.78, 5) is 26.3. The summed E-state index contributed by atoms with van der Waals surface area (Å²) in [5.41, 5.74) is 3.31. The smallest absolute Gasteiger partial charge is 0.254 e. The summed E-state index contributed by atoms with van der Waals surface area (Å²) < 4.78 is 19.7. The number of ether oxygens (including phenoxy) is 1. The van der Waals surface area contributed by atoms with Gasteiger partial charge in [-0.15, -0.1) is 0 Å². The summed E-state index contributed by atoms with van der Waals surface area (Å²) in [5, 5.41) is 5.93. The highest BCUT2D eigenvalue weighted by molar-refractivity contribution is 6.10. The van der Waals surface area contributed by atoms with E-state index in [-0.39, 0.29) is 11.5 Å². The van der Waals surface area contributed by atoms with Gasteiger partial charge in [0.25, 0.3) is 5.91 Å². The standard InChI is InChI=1S/C24H23FN2O3/c1-14-21(24(29)27-17-10-5-4-9-16(17)25)22(15-8-3-6-13-20(15)30-2)23-18(26-14)11-7-12-19(23)28/h3-6,8-10,13,22,26H,7,11-12H2,1-2H3,(H,27,29). The molecule has 1 amide bonds. The first kappa shape index (κ1) is 19.9. The summed E-state index contributed by atoms with van der Waals surface area (Å²) in [6, 6.07) is 13.4. The van der Waals surface area contributed by atoms with Gasteiger partial charge in [-0.25, -0.2) is 4.39 Å². The highest BCUT2D eigenvalue weighted by Crippen LogP contribution is 2.45. The summed E-state index contributed by atoms with van der Waals surface area (Å²) in [7, 11) is 1.56. The third kappa shape index (κ3) is 3.49. The molecule has 1 heterocycles. The van der Waals surface area contributed by atoms with Crippen molar-refractivity contribution in [3.05, 3.63) is 82.5 Å². The van der Waals surface area contributed by atoms with Crippen LogP contribution in [-0.2, 0) is 9.59 Å². The number of dihydropyridines is 1. The zero-order valence-electron chi connectivity index (χ0n) is 16.9. The maximum absolute atomic E-state index is 14.2. The van der Waals surface area contributed by atoms with Gasteiger partial charge in [0.05, 0.1) is 18.7 Å². The number of benzene rings is 2. The Balaban J connectivity index is 1.84. The number of Topliss-reactive ketones (excluding diaryl/α,β-unsaturated/α-hetero) is 1. The monoisotopic (exact) mass is 406 g/mol. The van der Waals surface area contributed by atoms with Crippen LogP contribution in [0.2, 0.25) is 0 Å². The molecule has 0 spiro atoms. The highest BCUT2D eigenvalue weighted by atomic mass is 19.1. The second-order valence-electron chi connectivity index (χ2n) is 7.44. The minimum atomic E-state index is -0.586. The van der Waals surface area contributed by atoms with Gasteiger partial charge in [-0.05, 0) is 38.0 Å². The molecule has 1 unspecified atom stereocenters. The van der Waals surface area contributed by atoms with Crippen molar-refractivity contribution in [2.75, 3.05) is 12.4 Å². The number of carbonyl (C=O) groups is 2. The number of hydrogen-bond acceptors (Lipinski definition) is 4. The van der Waals surface area contributed by atoms with Crippen LogP contribution in [0.4, 0.5) is 10.1 Å². The van der Waals surface area contributed by atoms with E-state index in [0.29, 0.717) is 29.0 Å². The molecule has 2 aromatic rings. The number of halogens is 1. The number of ketones is 1. The van der Waals surface area contributed by atoms with Gasteiger partial charge in [0.1, 0.15) is 11.6 Å². The third-order valence-electron chi connectivity index (χ3n) is 5.59. The predicted molar refractivity (Wildman–Crippen MR) is 112 cm³/mol. The van der Waals surface area contributed by atoms with E-state index < -0.39 is 17.6 Å². The lowest BCUT2D eigenvalue weighted by atomic mass is 9.74. The van der Waals surface area contributed by atoms with E-state index in [1.165, 1.54) is 12.1 Å². The average molecular weight is 406 g/mol. The van der Waals surface area contributed by atoms with Gasteiger partial charge >= 0.3 is 0 Å². The molecule has 0 fully saturated rings. The normalized spacial score (nSPS) is 18.6. The van der Waals surface area contributed by atoms with Crippen LogP contribution in [-0.4, -0.2) is 18.8 Å². The van der Waals surface area contributed by atoms with Crippen molar-refractivity contribution >= 4 is 17.4 Å². The molecule has 0 saturated carbocycles. The molecule has 0 saturated heterocycles. The minimum absolute atomic E-state index is 0.0170. The van der Waals surface area contributed by atoms with Crippen molar-refractivity contribution < 1.29 is 18.7 Å². The van der Waals surface area contributed by atoms with E-state index in [4.69, 9.17) is 4.74 Å².